The first-order valence-electron chi connectivity index (χ1n) is 5.47. The molecule has 0 aromatic carbocycles. The summed E-state index contributed by atoms with van der Waals surface area (Å²) >= 11 is 0. The van der Waals surface area contributed by atoms with Crippen molar-refractivity contribution in [2.24, 2.45) is 11.3 Å². The van der Waals surface area contributed by atoms with Gasteiger partial charge in [-0.2, -0.15) is 0 Å². The maximum Gasteiger partial charge on any atom is 0.225 e. The zero-order valence-electron chi connectivity index (χ0n) is 9.18. The zero-order valence-corrected chi connectivity index (χ0v) is 9.18. The SMILES string of the molecule is CC(CO)CNC(=O)C1(C)CCCC1. The molecule has 0 spiro atoms. The van der Waals surface area contributed by atoms with Gasteiger partial charge in [0.25, 0.3) is 0 Å². The molecule has 0 heterocycles. The molecule has 1 saturated carbocycles. The van der Waals surface area contributed by atoms with Gasteiger partial charge in [-0.3, -0.25) is 4.79 Å². The molecule has 1 fully saturated rings. The first-order chi connectivity index (χ1) is 6.58. The van der Waals surface area contributed by atoms with Gasteiger partial charge in [-0.05, 0) is 18.8 Å². The Balaban J connectivity index is 2.34. The Kier molecular flexibility index (Phi) is 3.93. The number of hydrogen-bond acceptors (Lipinski definition) is 2. The number of amides is 1. The van der Waals surface area contributed by atoms with E-state index in [0.717, 1.165) is 12.8 Å². The van der Waals surface area contributed by atoms with Gasteiger partial charge in [0, 0.05) is 18.6 Å². The molecule has 82 valence electrons. The fourth-order valence-corrected chi connectivity index (χ4v) is 1.93. The van der Waals surface area contributed by atoms with E-state index in [-0.39, 0.29) is 23.8 Å². The summed E-state index contributed by atoms with van der Waals surface area (Å²) in [6.07, 6.45) is 4.34. The number of carbonyl (C=O) groups excluding carboxylic acids is 1. The van der Waals surface area contributed by atoms with Crippen LogP contribution in [-0.2, 0) is 4.79 Å². The molecule has 3 heteroatoms. The molecular formula is C11H21NO2. The van der Waals surface area contributed by atoms with E-state index >= 15 is 0 Å². The van der Waals surface area contributed by atoms with Gasteiger partial charge < -0.3 is 10.4 Å². The van der Waals surface area contributed by atoms with Crippen LogP contribution in [0.1, 0.15) is 39.5 Å². The van der Waals surface area contributed by atoms with Gasteiger partial charge in [0.2, 0.25) is 5.91 Å². The topological polar surface area (TPSA) is 49.3 Å². The minimum Gasteiger partial charge on any atom is -0.396 e. The Hall–Kier alpha value is -0.570. The fraction of sp³-hybridized carbons (Fsp3) is 0.909. The highest BCUT2D eigenvalue weighted by atomic mass is 16.3. The second kappa shape index (κ2) is 4.78. The summed E-state index contributed by atoms with van der Waals surface area (Å²) in [5, 5.41) is 11.7. The van der Waals surface area contributed by atoms with Crippen LogP contribution in [0.5, 0.6) is 0 Å². The number of carbonyl (C=O) groups is 1. The third kappa shape index (κ3) is 2.71. The van der Waals surface area contributed by atoms with Gasteiger partial charge in [0.05, 0.1) is 0 Å². The van der Waals surface area contributed by atoms with Crippen molar-refractivity contribution >= 4 is 5.91 Å². The lowest BCUT2D eigenvalue weighted by atomic mass is 9.88. The molecule has 1 aliphatic rings. The van der Waals surface area contributed by atoms with Crippen molar-refractivity contribution in [1.82, 2.24) is 5.32 Å². The molecule has 0 saturated heterocycles. The maximum atomic E-state index is 11.8. The van der Waals surface area contributed by atoms with Crippen LogP contribution in [0.15, 0.2) is 0 Å². The highest BCUT2D eigenvalue weighted by molar-refractivity contribution is 5.82. The summed E-state index contributed by atoms with van der Waals surface area (Å²) in [6.45, 7) is 4.69. The van der Waals surface area contributed by atoms with Crippen molar-refractivity contribution in [3.63, 3.8) is 0 Å². The maximum absolute atomic E-state index is 11.8. The average molecular weight is 199 g/mol. The molecule has 0 aromatic rings. The minimum atomic E-state index is -0.144. The van der Waals surface area contributed by atoms with E-state index in [1.165, 1.54) is 12.8 Å². The van der Waals surface area contributed by atoms with E-state index in [4.69, 9.17) is 5.11 Å². The molecule has 0 radical (unpaired) electrons. The van der Waals surface area contributed by atoms with Crippen molar-refractivity contribution in [2.45, 2.75) is 39.5 Å². The van der Waals surface area contributed by atoms with E-state index in [2.05, 4.69) is 5.32 Å². The molecule has 0 aromatic heterocycles. The highest BCUT2D eigenvalue weighted by Gasteiger charge is 2.35. The Labute approximate surface area is 85.9 Å². The van der Waals surface area contributed by atoms with Crippen LogP contribution in [0.2, 0.25) is 0 Å². The number of nitrogens with one attached hydrogen (secondary N) is 1. The lowest BCUT2D eigenvalue weighted by Crippen LogP contribution is -2.39. The first-order valence-corrected chi connectivity index (χ1v) is 5.47. The lowest BCUT2D eigenvalue weighted by molar-refractivity contribution is -0.130. The molecule has 0 bridgehead atoms. The van der Waals surface area contributed by atoms with Crippen LogP contribution in [0.3, 0.4) is 0 Å². The van der Waals surface area contributed by atoms with Crippen molar-refractivity contribution in [3.05, 3.63) is 0 Å². The minimum absolute atomic E-state index is 0.136. The summed E-state index contributed by atoms with van der Waals surface area (Å²) in [6, 6.07) is 0. The summed E-state index contributed by atoms with van der Waals surface area (Å²) in [7, 11) is 0. The Morgan fingerprint density at radius 2 is 2.07 bits per heavy atom. The molecule has 0 aliphatic heterocycles. The van der Waals surface area contributed by atoms with E-state index in [0.29, 0.717) is 6.54 Å². The quantitative estimate of drug-likeness (QED) is 0.717. The van der Waals surface area contributed by atoms with Gasteiger partial charge in [-0.15, -0.1) is 0 Å². The standard InChI is InChI=1S/C11H21NO2/c1-9(8-13)7-12-10(14)11(2)5-3-4-6-11/h9,13H,3-8H2,1-2H3,(H,12,14). The average Bonchev–Trinajstić information content (AvgIpc) is 2.62. The summed E-state index contributed by atoms with van der Waals surface area (Å²) in [5.41, 5.74) is -0.144. The summed E-state index contributed by atoms with van der Waals surface area (Å²) in [4.78, 5) is 11.8. The molecule has 3 nitrogen and oxygen atoms in total. The zero-order chi connectivity index (χ0) is 10.6. The molecule has 1 atom stereocenters. The van der Waals surface area contributed by atoms with Gasteiger partial charge in [0.1, 0.15) is 0 Å². The van der Waals surface area contributed by atoms with Crippen LogP contribution < -0.4 is 5.32 Å². The molecule has 1 rings (SSSR count). The van der Waals surface area contributed by atoms with Gasteiger partial charge in [-0.1, -0.05) is 26.7 Å². The van der Waals surface area contributed by atoms with Gasteiger partial charge >= 0.3 is 0 Å². The van der Waals surface area contributed by atoms with Crippen molar-refractivity contribution < 1.29 is 9.90 Å². The third-order valence-electron chi connectivity index (χ3n) is 3.18. The van der Waals surface area contributed by atoms with Gasteiger partial charge in [0.15, 0.2) is 0 Å². The Morgan fingerprint density at radius 3 is 2.57 bits per heavy atom. The lowest BCUT2D eigenvalue weighted by Gasteiger charge is -2.23. The third-order valence-corrected chi connectivity index (χ3v) is 3.18. The molecule has 1 unspecified atom stereocenters. The molecule has 1 aliphatic carbocycles. The Bertz CT molecular complexity index is 197. The molecule has 2 N–H and O–H groups in total. The van der Waals surface area contributed by atoms with Crippen molar-refractivity contribution in [3.8, 4) is 0 Å². The number of aliphatic hydroxyl groups excluding tert-OH is 1. The highest BCUT2D eigenvalue weighted by Crippen LogP contribution is 2.37. The monoisotopic (exact) mass is 199 g/mol. The Morgan fingerprint density at radius 1 is 1.50 bits per heavy atom. The number of hydrogen-bond donors (Lipinski definition) is 2. The van der Waals surface area contributed by atoms with Crippen LogP contribution >= 0.6 is 0 Å². The van der Waals surface area contributed by atoms with Crippen LogP contribution in [0, 0.1) is 11.3 Å². The second-order valence-electron chi connectivity index (χ2n) is 4.77. The summed E-state index contributed by atoms with van der Waals surface area (Å²) < 4.78 is 0. The predicted molar refractivity (Wildman–Crippen MR) is 55.8 cm³/mol. The van der Waals surface area contributed by atoms with Crippen LogP contribution in [0.4, 0.5) is 0 Å². The first kappa shape index (κ1) is 11.5. The van der Waals surface area contributed by atoms with Crippen LogP contribution in [0.25, 0.3) is 0 Å². The molecule has 1 amide bonds. The van der Waals surface area contributed by atoms with Crippen molar-refractivity contribution in [1.29, 1.82) is 0 Å². The van der Waals surface area contributed by atoms with Crippen molar-refractivity contribution in [2.75, 3.05) is 13.2 Å². The fourth-order valence-electron chi connectivity index (χ4n) is 1.93. The van der Waals surface area contributed by atoms with Crippen LogP contribution in [-0.4, -0.2) is 24.2 Å². The van der Waals surface area contributed by atoms with E-state index in [1.54, 1.807) is 0 Å². The molecule has 14 heavy (non-hydrogen) atoms. The largest absolute Gasteiger partial charge is 0.396 e. The van der Waals surface area contributed by atoms with E-state index in [9.17, 15) is 4.79 Å². The molecular weight excluding hydrogens is 178 g/mol. The smallest absolute Gasteiger partial charge is 0.225 e. The summed E-state index contributed by atoms with van der Waals surface area (Å²) in [5.74, 6) is 0.319. The normalized spacial score (nSPS) is 21.9. The van der Waals surface area contributed by atoms with E-state index in [1.807, 2.05) is 13.8 Å². The number of aliphatic hydroxyl groups is 1. The second-order valence-corrected chi connectivity index (χ2v) is 4.77. The van der Waals surface area contributed by atoms with Gasteiger partial charge in [-0.25, -0.2) is 0 Å². The number of rotatable bonds is 4. The predicted octanol–water partition coefficient (Wildman–Crippen LogP) is 1.31. The van der Waals surface area contributed by atoms with E-state index < -0.39 is 0 Å².